The maximum Gasteiger partial charge on any atom is 0.127 e. The minimum absolute atomic E-state index is 0.179. The molecule has 0 aromatic heterocycles. The Morgan fingerprint density at radius 3 is 2.74 bits per heavy atom. The standard InChI is InChI=1S/C16H23ClFN/c1-2-11-3-4-13(10-19)14(7-11)8-12-5-6-15(17)9-16(12)18/h5-6,9,11,13-14H,2-4,7-8,10,19H2,1H3. The van der Waals surface area contributed by atoms with E-state index in [1.807, 2.05) is 6.07 Å². The van der Waals surface area contributed by atoms with Crippen molar-refractivity contribution in [1.29, 1.82) is 0 Å². The Hall–Kier alpha value is -0.600. The summed E-state index contributed by atoms with van der Waals surface area (Å²) < 4.78 is 13.9. The van der Waals surface area contributed by atoms with E-state index in [0.29, 0.717) is 16.9 Å². The average Bonchev–Trinajstić information content (AvgIpc) is 2.41. The molecule has 3 atom stereocenters. The van der Waals surface area contributed by atoms with E-state index in [-0.39, 0.29) is 5.82 Å². The Morgan fingerprint density at radius 2 is 2.11 bits per heavy atom. The monoisotopic (exact) mass is 283 g/mol. The molecular formula is C16H23ClFN. The topological polar surface area (TPSA) is 26.0 Å². The van der Waals surface area contributed by atoms with Gasteiger partial charge in [0.05, 0.1) is 0 Å². The summed E-state index contributed by atoms with van der Waals surface area (Å²) in [6, 6.07) is 5.01. The molecule has 3 unspecified atom stereocenters. The number of benzene rings is 1. The fourth-order valence-corrected chi connectivity index (χ4v) is 3.48. The third-order valence-electron chi connectivity index (χ3n) is 4.63. The smallest absolute Gasteiger partial charge is 0.127 e. The van der Waals surface area contributed by atoms with Gasteiger partial charge in [-0.2, -0.15) is 0 Å². The molecule has 1 aromatic rings. The van der Waals surface area contributed by atoms with Crippen LogP contribution in [0.15, 0.2) is 18.2 Å². The van der Waals surface area contributed by atoms with Gasteiger partial charge in [0.15, 0.2) is 0 Å². The lowest BCUT2D eigenvalue weighted by atomic mass is 9.71. The van der Waals surface area contributed by atoms with E-state index in [4.69, 9.17) is 17.3 Å². The second-order valence-corrected chi connectivity index (χ2v) is 6.22. The first-order chi connectivity index (χ1) is 9.13. The van der Waals surface area contributed by atoms with Crippen LogP contribution in [0.2, 0.25) is 5.02 Å². The first-order valence-electron chi connectivity index (χ1n) is 7.28. The Kier molecular flexibility index (Phi) is 5.23. The van der Waals surface area contributed by atoms with Crippen molar-refractivity contribution in [3.8, 4) is 0 Å². The van der Waals surface area contributed by atoms with Gasteiger partial charge in [0.1, 0.15) is 5.82 Å². The molecule has 0 heterocycles. The van der Waals surface area contributed by atoms with Crippen LogP contribution in [-0.4, -0.2) is 6.54 Å². The Balaban J connectivity index is 2.09. The van der Waals surface area contributed by atoms with Crippen molar-refractivity contribution in [2.24, 2.45) is 23.5 Å². The minimum atomic E-state index is -0.179. The lowest BCUT2D eigenvalue weighted by molar-refractivity contribution is 0.179. The quantitative estimate of drug-likeness (QED) is 0.869. The zero-order valence-electron chi connectivity index (χ0n) is 11.5. The van der Waals surface area contributed by atoms with Gasteiger partial charge in [-0.05, 0) is 61.3 Å². The van der Waals surface area contributed by atoms with E-state index < -0.39 is 0 Å². The highest BCUT2D eigenvalue weighted by Gasteiger charge is 2.29. The summed E-state index contributed by atoms with van der Waals surface area (Å²) >= 11 is 5.80. The van der Waals surface area contributed by atoms with E-state index in [1.165, 1.54) is 31.7 Å². The number of hydrogen-bond donors (Lipinski definition) is 1. The van der Waals surface area contributed by atoms with E-state index in [2.05, 4.69) is 6.92 Å². The minimum Gasteiger partial charge on any atom is -0.330 e. The van der Waals surface area contributed by atoms with Crippen LogP contribution in [0.1, 0.15) is 38.2 Å². The molecule has 0 radical (unpaired) electrons. The van der Waals surface area contributed by atoms with Crippen LogP contribution in [0.5, 0.6) is 0 Å². The van der Waals surface area contributed by atoms with Gasteiger partial charge in [-0.1, -0.05) is 37.4 Å². The van der Waals surface area contributed by atoms with Gasteiger partial charge in [-0.3, -0.25) is 0 Å². The third kappa shape index (κ3) is 3.70. The second-order valence-electron chi connectivity index (χ2n) is 5.78. The summed E-state index contributed by atoms with van der Waals surface area (Å²) in [5, 5.41) is 0.465. The lowest BCUT2D eigenvalue weighted by Crippen LogP contribution is -2.31. The normalized spacial score (nSPS) is 27.5. The van der Waals surface area contributed by atoms with Crippen molar-refractivity contribution in [2.45, 2.75) is 39.0 Å². The van der Waals surface area contributed by atoms with Crippen LogP contribution in [-0.2, 0) is 6.42 Å². The highest BCUT2D eigenvalue weighted by Crippen LogP contribution is 2.37. The van der Waals surface area contributed by atoms with Crippen LogP contribution in [0.4, 0.5) is 4.39 Å². The Labute approximate surface area is 120 Å². The van der Waals surface area contributed by atoms with Crippen LogP contribution >= 0.6 is 11.6 Å². The molecule has 0 aliphatic heterocycles. The number of halogens is 2. The van der Waals surface area contributed by atoms with Crippen molar-refractivity contribution < 1.29 is 4.39 Å². The molecule has 2 N–H and O–H groups in total. The molecule has 0 bridgehead atoms. The number of hydrogen-bond acceptors (Lipinski definition) is 1. The first-order valence-corrected chi connectivity index (χ1v) is 7.65. The molecule has 106 valence electrons. The number of nitrogens with two attached hydrogens (primary N) is 1. The van der Waals surface area contributed by atoms with E-state index in [0.717, 1.165) is 24.4 Å². The van der Waals surface area contributed by atoms with E-state index in [9.17, 15) is 4.39 Å². The largest absolute Gasteiger partial charge is 0.330 e. The third-order valence-corrected chi connectivity index (χ3v) is 4.86. The van der Waals surface area contributed by atoms with Gasteiger partial charge >= 0.3 is 0 Å². The molecule has 0 saturated heterocycles. The van der Waals surface area contributed by atoms with Gasteiger partial charge in [-0.25, -0.2) is 4.39 Å². The fourth-order valence-electron chi connectivity index (χ4n) is 3.32. The predicted molar refractivity (Wildman–Crippen MR) is 78.8 cm³/mol. The van der Waals surface area contributed by atoms with Crippen molar-refractivity contribution in [1.82, 2.24) is 0 Å². The Bertz CT molecular complexity index is 421. The number of rotatable bonds is 4. The average molecular weight is 284 g/mol. The summed E-state index contributed by atoms with van der Waals surface area (Å²) in [5.74, 6) is 1.65. The van der Waals surface area contributed by atoms with Gasteiger partial charge in [0.25, 0.3) is 0 Å². The summed E-state index contributed by atoms with van der Waals surface area (Å²) in [6.45, 7) is 2.96. The first kappa shape index (κ1) is 14.8. The molecule has 1 fully saturated rings. The molecular weight excluding hydrogens is 261 g/mol. The highest BCUT2D eigenvalue weighted by molar-refractivity contribution is 6.30. The molecule has 1 nitrogen and oxygen atoms in total. The molecule has 1 aliphatic rings. The van der Waals surface area contributed by atoms with Crippen LogP contribution in [0.25, 0.3) is 0 Å². The second kappa shape index (κ2) is 6.71. The van der Waals surface area contributed by atoms with Crippen LogP contribution in [0.3, 0.4) is 0 Å². The maximum atomic E-state index is 13.9. The van der Waals surface area contributed by atoms with E-state index >= 15 is 0 Å². The SMILES string of the molecule is CCC1CCC(CN)C(Cc2ccc(Cl)cc2F)C1. The summed E-state index contributed by atoms with van der Waals surface area (Å²) in [4.78, 5) is 0. The summed E-state index contributed by atoms with van der Waals surface area (Å²) in [7, 11) is 0. The van der Waals surface area contributed by atoms with Crippen molar-refractivity contribution in [3.05, 3.63) is 34.6 Å². The molecule has 2 rings (SSSR count). The van der Waals surface area contributed by atoms with Gasteiger partial charge in [-0.15, -0.1) is 0 Å². The van der Waals surface area contributed by atoms with Crippen LogP contribution in [0, 0.1) is 23.6 Å². The molecule has 1 saturated carbocycles. The summed E-state index contributed by atoms with van der Waals surface area (Å²) in [6.07, 6.45) is 5.66. The van der Waals surface area contributed by atoms with Crippen molar-refractivity contribution in [3.63, 3.8) is 0 Å². The molecule has 1 aromatic carbocycles. The van der Waals surface area contributed by atoms with E-state index in [1.54, 1.807) is 6.07 Å². The molecule has 19 heavy (non-hydrogen) atoms. The zero-order chi connectivity index (χ0) is 13.8. The molecule has 3 heteroatoms. The van der Waals surface area contributed by atoms with Gasteiger partial charge in [0, 0.05) is 5.02 Å². The summed E-state index contributed by atoms with van der Waals surface area (Å²) in [5.41, 5.74) is 6.66. The lowest BCUT2D eigenvalue weighted by Gasteiger charge is -2.35. The van der Waals surface area contributed by atoms with Crippen LogP contribution < -0.4 is 5.73 Å². The highest BCUT2D eigenvalue weighted by atomic mass is 35.5. The van der Waals surface area contributed by atoms with Crippen molar-refractivity contribution >= 4 is 11.6 Å². The maximum absolute atomic E-state index is 13.9. The predicted octanol–water partition coefficient (Wildman–Crippen LogP) is 4.42. The van der Waals surface area contributed by atoms with Gasteiger partial charge < -0.3 is 5.73 Å². The fraction of sp³-hybridized carbons (Fsp3) is 0.625. The molecule has 1 aliphatic carbocycles. The van der Waals surface area contributed by atoms with Gasteiger partial charge in [0.2, 0.25) is 0 Å². The zero-order valence-corrected chi connectivity index (χ0v) is 12.3. The Morgan fingerprint density at radius 1 is 1.32 bits per heavy atom. The molecule has 0 spiro atoms. The van der Waals surface area contributed by atoms with Crippen molar-refractivity contribution in [2.75, 3.05) is 6.54 Å². The molecule has 0 amide bonds.